The Morgan fingerprint density at radius 1 is 0.966 bits per heavy atom. The first kappa shape index (κ1) is 19.0. The average molecular weight is 391 g/mol. The van der Waals surface area contributed by atoms with Crippen molar-refractivity contribution in [3.8, 4) is 0 Å². The Kier molecular flexibility index (Phi) is 5.76. The van der Waals surface area contributed by atoms with Gasteiger partial charge in [-0.05, 0) is 17.7 Å². The van der Waals surface area contributed by atoms with Crippen LogP contribution < -0.4 is 10.2 Å². The monoisotopic (exact) mass is 391 g/mol. The summed E-state index contributed by atoms with van der Waals surface area (Å²) in [6.45, 7) is 4.46. The molecule has 1 fully saturated rings. The van der Waals surface area contributed by atoms with Gasteiger partial charge in [-0.25, -0.2) is 14.4 Å². The molecule has 3 aromatic rings. The number of nitrogens with zero attached hydrogens (tertiary/aromatic N) is 4. The number of aromatic nitrogens is 2. The fourth-order valence-corrected chi connectivity index (χ4v) is 3.39. The summed E-state index contributed by atoms with van der Waals surface area (Å²) in [5.41, 5.74) is 1.29. The second kappa shape index (κ2) is 8.79. The van der Waals surface area contributed by atoms with Gasteiger partial charge in [0.15, 0.2) is 0 Å². The van der Waals surface area contributed by atoms with Crippen molar-refractivity contribution in [1.29, 1.82) is 0 Å². The van der Waals surface area contributed by atoms with Gasteiger partial charge in [-0.3, -0.25) is 9.69 Å². The molecular formula is C22H22FN5O. The molecule has 0 radical (unpaired) electrons. The third-order valence-corrected chi connectivity index (χ3v) is 4.96. The van der Waals surface area contributed by atoms with Gasteiger partial charge in [0.25, 0.3) is 5.91 Å². The van der Waals surface area contributed by atoms with Crippen LogP contribution in [0.25, 0.3) is 0 Å². The van der Waals surface area contributed by atoms with Gasteiger partial charge in [0.1, 0.15) is 23.8 Å². The lowest BCUT2D eigenvalue weighted by atomic mass is 10.2. The summed E-state index contributed by atoms with van der Waals surface area (Å²) in [5.74, 6) is 0.0208. The number of benzene rings is 2. The Morgan fingerprint density at radius 2 is 1.69 bits per heavy atom. The van der Waals surface area contributed by atoms with Crippen molar-refractivity contribution in [2.24, 2.45) is 0 Å². The third kappa shape index (κ3) is 4.75. The van der Waals surface area contributed by atoms with E-state index in [1.807, 2.05) is 6.07 Å². The summed E-state index contributed by atoms with van der Waals surface area (Å²) >= 11 is 0. The van der Waals surface area contributed by atoms with E-state index in [4.69, 9.17) is 0 Å². The van der Waals surface area contributed by atoms with Gasteiger partial charge in [0.05, 0.1) is 5.56 Å². The highest BCUT2D eigenvalue weighted by Gasteiger charge is 2.19. The van der Waals surface area contributed by atoms with Crippen LogP contribution >= 0.6 is 0 Å². The topological polar surface area (TPSA) is 61.4 Å². The molecule has 0 unspecified atom stereocenters. The van der Waals surface area contributed by atoms with E-state index in [1.54, 1.807) is 18.2 Å². The molecule has 1 saturated heterocycles. The SMILES string of the molecule is O=C(Nc1cc(N2CCN(Cc3ccccc3)CC2)ncn1)c1ccccc1F. The molecule has 1 aliphatic rings. The first-order valence-electron chi connectivity index (χ1n) is 9.58. The van der Waals surface area contributed by atoms with Crippen LogP contribution in [0.2, 0.25) is 0 Å². The Bertz CT molecular complexity index is 974. The predicted octanol–water partition coefficient (Wildman–Crippen LogP) is 3.19. The van der Waals surface area contributed by atoms with Gasteiger partial charge in [-0.1, -0.05) is 42.5 Å². The van der Waals surface area contributed by atoms with Crippen LogP contribution in [-0.4, -0.2) is 47.0 Å². The molecule has 0 bridgehead atoms. The van der Waals surface area contributed by atoms with Crippen molar-refractivity contribution in [3.05, 3.63) is 83.9 Å². The Balaban J connectivity index is 1.37. The molecule has 1 aliphatic heterocycles. The second-order valence-electron chi connectivity index (χ2n) is 6.94. The molecule has 1 N–H and O–H groups in total. The summed E-state index contributed by atoms with van der Waals surface area (Å²) in [6.07, 6.45) is 1.42. The van der Waals surface area contributed by atoms with Crippen molar-refractivity contribution >= 4 is 17.5 Å². The molecule has 0 atom stereocenters. The molecule has 1 amide bonds. The van der Waals surface area contributed by atoms with Crippen LogP contribution in [0.5, 0.6) is 0 Å². The number of carbonyl (C=O) groups is 1. The second-order valence-corrected chi connectivity index (χ2v) is 6.94. The van der Waals surface area contributed by atoms with Crippen LogP contribution in [-0.2, 0) is 6.54 Å². The van der Waals surface area contributed by atoms with E-state index in [0.717, 1.165) is 38.5 Å². The molecule has 29 heavy (non-hydrogen) atoms. The first-order chi connectivity index (χ1) is 14.2. The van der Waals surface area contributed by atoms with E-state index in [9.17, 15) is 9.18 Å². The molecule has 4 rings (SSSR count). The van der Waals surface area contributed by atoms with Crippen LogP contribution in [0.3, 0.4) is 0 Å². The van der Waals surface area contributed by atoms with E-state index in [1.165, 1.54) is 24.0 Å². The predicted molar refractivity (Wildman–Crippen MR) is 110 cm³/mol. The maximum atomic E-state index is 13.8. The molecule has 2 heterocycles. The number of hydrogen-bond donors (Lipinski definition) is 1. The average Bonchev–Trinajstić information content (AvgIpc) is 2.75. The molecule has 6 nitrogen and oxygen atoms in total. The standard InChI is InChI=1S/C22H22FN5O/c23-19-9-5-4-8-18(19)22(29)26-20-14-21(25-16-24-20)28-12-10-27(11-13-28)15-17-6-2-1-3-7-17/h1-9,14,16H,10-13,15H2,(H,24,25,26,29). The maximum absolute atomic E-state index is 13.8. The molecule has 148 valence electrons. The zero-order valence-corrected chi connectivity index (χ0v) is 16.0. The van der Waals surface area contributed by atoms with Gasteiger partial charge in [-0.15, -0.1) is 0 Å². The highest BCUT2D eigenvalue weighted by Crippen LogP contribution is 2.18. The van der Waals surface area contributed by atoms with Crippen LogP contribution in [0.15, 0.2) is 67.0 Å². The maximum Gasteiger partial charge on any atom is 0.259 e. The van der Waals surface area contributed by atoms with Crippen LogP contribution in [0.4, 0.5) is 16.0 Å². The van der Waals surface area contributed by atoms with Gasteiger partial charge in [0, 0.05) is 38.8 Å². The number of halogens is 1. The number of piperazine rings is 1. The number of hydrogen-bond acceptors (Lipinski definition) is 5. The Hall–Kier alpha value is -3.32. The van der Waals surface area contributed by atoms with Crippen molar-refractivity contribution in [2.45, 2.75) is 6.54 Å². The molecule has 1 aromatic heterocycles. The quantitative estimate of drug-likeness (QED) is 0.724. The Labute approximate surface area is 169 Å². The summed E-state index contributed by atoms with van der Waals surface area (Å²) in [4.78, 5) is 25.3. The number of carbonyl (C=O) groups excluding carboxylic acids is 1. The summed E-state index contributed by atoms with van der Waals surface area (Å²) < 4.78 is 13.8. The van der Waals surface area contributed by atoms with E-state index >= 15 is 0 Å². The first-order valence-corrected chi connectivity index (χ1v) is 9.58. The fourth-order valence-electron chi connectivity index (χ4n) is 3.39. The normalized spacial score (nSPS) is 14.6. The molecule has 0 aliphatic carbocycles. The number of rotatable bonds is 5. The third-order valence-electron chi connectivity index (χ3n) is 4.96. The molecular weight excluding hydrogens is 369 g/mol. The largest absolute Gasteiger partial charge is 0.354 e. The number of nitrogens with one attached hydrogen (secondary N) is 1. The molecule has 7 heteroatoms. The molecule has 0 saturated carbocycles. The van der Waals surface area contributed by atoms with Gasteiger partial charge < -0.3 is 10.2 Å². The van der Waals surface area contributed by atoms with E-state index < -0.39 is 11.7 Å². The minimum Gasteiger partial charge on any atom is -0.354 e. The number of amides is 1. The van der Waals surface area contributed by atoms with E-state index in [0.29, 0.717) is 5.82 Å². The summed E-state index contributed by atoms with van der Waals surface area (Å²) in [7, 11) is 0. The van der Waals surface area contributed by atoms with E-state index in [2.05, 4.69) is 49.4 Å². The van der Waals surface area contributed by atoms with Crippen molar-refractivity contribution in [3.63, 3.8) is 0 Å². The van der Waals surface area contributed by atoms with Crippen molar-refractivity contribution in [1.82, 2.24) is 14.9 Å². The molecule has 2 aromatic carbocycles. The molecule has 0 spiro atoms. The highest BCUT2D eigenvalue weighted by molar-refractivity contribution is 6.04. The van der Waals surface area contributed by atoms with Gasteiger partial charge >= 0.3 is 0 Å². The minimum absolute atomic E-state index is 0.0119. The van der Waals surface area contributed by atoms with E-state index in [-0.39, 0.29) is 5.56 Å². The Morgan fingerprint density at radius 3 is 2.45 bits per heavy atom. The van der Waals surface area contributed by atoms with Crippen LogP contribution in [0, 0.1) is 5.82 Å². The zero-order valence-electron chi connectivity index (χ0n) is 16.0. The van der Waals surface area contributed by atoms with Crippen LogP contribution in [0.1, 0.15) is 15.9 Å². The minimum atomic E-state index is -0.561. The van der Waals surface area contributed by atoms with Gasteiger partial charge in [0.2, 0.25) is 0 Å². The number of anilines is 2. The zero-order chi connectivity index (χ0) is 20.1. The smallest absolute Gasteiger partial charge is 0.259 e. The lowest BCUT2D eigenvalue weighted by Crippen LogP contribution is -2.46. The highest BCUT2D eigenvalue weighted by atomic mass is 19.1. The van der Waals surface area contributed by atoms with Crippen molar-refractivity contribution in [2.75, 3.05) is 36.4 Å². The summed E-state index contributed by atoms with van der Waals surface area (Å²) in [5, 5.41) is 2.65. The van der Waals surface area contributed by atoms with Gasteiger partial charge in [-0.2, -0.15) is 0 Å². The fraction of sp³-hybridized carbons (Fsp3) is 0.227. The lowest BCUT2D eigenvalue weighted by Gasteiger charge is -2.35. The van der Waals surface area contributed by atoms with Crippen molar-refractivity contribution < 1.29 is 9.18 Å². The lowest BCUT2D eigenvalue weighted by molar-refractivity contribution is 0.102. The summed E-state index contributed by atoms with van der Waals surface area (Å²) in [6, 6.07) is 18.0.